The number of thiophene rings is 1. The first-order chi connectivity index (χ1) is 13.4. The standard InChI is InChI=1S/C17H17IN6O2S2/c1-2-28(25,26)23-10-17(11-23,4-5-19)24-9-12(8-20-24)15-16-13(3-6-27-16)21-14(7-18)22-15/h3,6,8-9H,2,4,7,10-11H2,1H3. The van der Waals surface area contributed by atoms with Crippen LogP contribution in [0.25, 0.3) is 21.5 Å². The van der Waals surface area contributed by atoms with Gasteiger partial charge in [0.2, 0.25) is 10.0 Å². The van der Waals surface area contributed by atoms with Gasteiger partial charge >= 0.3 is 0 Å². The lowest BCUT2D eigenvalue weighted by molar-refractivity contribution is 0.0719. The van der Waals surface area contributed by atoms with Crippen molar-refractivity contribution in [1.29, 1.82) is 5.26 Å². The Labute approximate surface area is 180 Å². The van der Waals surface area contributed by atoms with E-state index in [-0.39, 0.29) is 25.3 Å². The van der Waals surface area contributed by atoms with Gasteiger partial charge in [0, 0.05) is 24.8 Å². The second-order valence-corrected chi connectivity index (χ2v) is 10.6. The molecule has 1 saturated heterocycles. The van der Waals surface area contributed by atoms with E-state index in [1.165, 1.54) is 4.31 Å². The van der Waals surface area contributed by atoms with Gasteiger partial charge in [-0.2, -0.15) is 14.7 Å². The zero-order chi connectivity index (χ0) is 19.9. The Morgan fingerprint density at radius 2 is 2.18 bits per heavy atom. The summed E-state index contributed by atoms with van der Waals surface area (Å²) in [5.41, 5.74) is 1.94. The predicted octanol–water partition coefficient (Wildman–Crippen LogP) is 2.76. The molecule has 0 amide bonds. The van der Waals surface area contributed by atoms with Crippen LogP contribution >= 0.6 is 33.9 Å². The minimum atomic E-state index is -3.27. The number of sulfonamides is 1. The van der Waals surface area contributed by atoms with E-state index in [2.05, 4.69) is 43.7 Å². The molecule has 146 valence electrons. The fraction of sp³-hybridized carbons (Fsp3) is 0.412. The molecule has 11 heteroatoms. The van der Waals surface area contributed by atoms with E-state index in [0.29, 0.717) is 4.43 Å². The van der Waals surface area contributed by atoms with Crippen LogP contribution in [0.2, 0.25) is 0 Å². The largest absolute Gasteiger partial charge is 0.262 e. The molecule has 0 radical (unpaired) electrons. The van der Waals surface area contributed by atoms with Gasteiger partial charge in [-0.3, -0.25) is 4.68 Å². The molecule has 0 aliphatic carbocycles. The van der Waals surface area contributed by atoms with Gasteiger partial charge in [-0.25, -0.2) is 18.4 Å². The van der Waals surface area contributed by atoms with Crippen molar-refractivity contribution in [2.24, 2.45) is 0 Å². The molecule has 4 heterocycles. The minimum absolute atomic E-state index is 0.0519. The van der Waals surface area contributed by atoms with Gasteiger partial charge in [-0.05, 0) is 18.4 Å². The van der Waals surface area contributed by atoms with E-state index >= 15 is 0 Å². The first-order valence-corrected chi connectivity index (χ1v) is 12.6. The Kier molecular flexibility index (Phi) is 5.15. The van der Waals surface area contributed by atoms with Crippen LogP contribution in [0, 0.1) is 11.3 Å². The Morgan fingerprint density at radius 3 is 2.86 bits per heavy atom. The van der Waals surface area contributed by atoms with Gasteiger partial charge in [-0.15, -0.1) is 11.3 Å². The zero-order valence-corrected chi connectivity index (χ0v) is 18.8. The zero-order valence-electron chi connectivity index (χ0n) is 15.0. The third-order valence-electron chi connectivity index (χ3n) is 4.92. The monoisotopic (exact) mass is 528 g/mol. The van der Waals surface area contributed by atoms with Gasteiger partial charge in [0.15, 0.2) is 0 Å². The molecule has 0 spiro atoms. The molecule has 8 nitrogen and oxygen atoms in total. The number of alkyl halides is 1. The van der Waals surface area contributed by atoms with Crippen molar-refractivity contribution in [1.82, 2.24) is 24.1 Å². The van der Waals surface area contributed by atoms with Gasteiger partial charge in [-0.1, -0.05) is 22.6 Å². The minimum Gasteiger partial charge on any atom is -0.262 e. The third kappa shape index (κ3) is 3.22. The fourth-order valence-corrected chi connectivity index (χ4v) is 5.77. The number of aromatic nitrogens is 4. The Hall–Kier alpha value is -1.62. The normalized spacial score (nSPS) is 16.8. The van der Waals surface area contributed by atoms with Gasteiger partial charge in [0.1, 0.15) is 11.4 Å². The topological polar surface area (TPSA) is 105 Å². The third-order valence-corrected chi connectivity index (χ3v) is 8.29. The molecule has 1 fully saturated rings. The van der Waals surface area contributed by atoms with E-state index in [1.54, 1.807) is 29.1 Å². The maximum atomic E-state index is 12.1. The molecule has 0 unspecified atom stereocenters. The Balaban J connectivity index is 1.71. The highest BCUT2D eigenvalue weighted by Gasteiger charge is 2.49. The molecule has 1 aliphatic rings. The number of hydrogen-bond acceptors (Lipinski definition) is 7. The second-order valence-electron chi connectivity index (χ2n) is 6.66. The van der Waals surface area contributed by atoms with Gasteiger partial charge in [0.05, 0.1) is 44.8 Å². The van der Waals surface area contributed by atoms with E-state index in [4.69, 9.17) is 0 Å². The highest BCUT2D eigenvalue weighted by molar-refractivity contribution is 14.1. The SMILES string of the molecule is CCS(=O)(=O)N1CC(CC#N)(n2cc(-c3nc(CI)nc4ccsc34)cn2)C1. The average Bonchev–Trinajstić information content (AvgIpc) is 3.32. The molecule has 3 aromatic heterocycles. The molecule has 0 saturated carbocycles. The molecule has 1 aliphatic heterocycles. The number of hydrogen-bond donors (Lipinski definition) is 0. The molecule has 28 heavy (non-hydrogen) atoms. The first-order valence-electron chi connectivity index (χ1n) is 8.63. The van der Waals surface area contributed by atoms with E-state index < -0.39 is 15.6 Å². The van der Waals surface area contributed by atoms with Crippen LogP contribution in [0.3, 0.4) is 0 Å². The summed E-state index contributed by atoms with van der Waals surface area (Å²) < 4.78 is 29.1. The molecule has 0 bridgehead atoms. The molecular weight excluding hydrogens is 511 g/mol. The summed E-state index contributed by atoms with van der Waals surface area (Å²) >= 11 is 3.81. The van der Waals surface area contributed by atoms with E-state index in [9.17, 15) is 13.7 Å². The van der Waals surface area contributed by atoms with Crippen LogP contribution in [-0.4, -0.2) is 51.3 Å². The summed E-state index contributed by atoms with van der Waals surface area (Å²) in [7, 11) is -3.27. The smallest absolute Gasteiger partial charge is 0.213 e. The second kappa shape index (κ2) is 7.33. The first kappa shape index (κ1) is 19.7. The summed E-state index contributed by atoms with van der Waals surface area (Å²) in [5, 5.41) is 15.8. The molecule has 0 atom stereocenters. The van der Waals surface area contributed by atoms with Crippen LogP contribution in [-0.2, 0) is 20.0 Å². The van der Waals surface area contributed by atoms with Crippen LogP contribution in [0.5, 0.6) is 0 Å². The molecule has 0 aromatic carbocycles. The number of nitrogens with zero attached hydrogens (tertiary/aromatic N) is 6. The summed E-state index contributed by atoms with van der Waals surface area (Å²) in [6.45, 7) is 2.14. The van der Waals surface area contributed by atoms with Crippen molar-refractivity contribution >= 4 is 54.2 Å². The summed E-state index contributed by atoms with van der Waals surface area (Å²) in [6.07, 6.45) is 3.79. The number of halogens is 1. The van der Waals surface area contributed by atoms with Crippen LogP contribution in [0.4, 0.5) is 0 Å². The summed E-state index contributed by atoms with van der Waals surface area (Å²) in [6, 6.07) is 4.16. The summed E-state index contributed by atoms with van der Waals surface area (Å²) in [4.78, 5) is 9.23. The van der Waals surface area contributed by atoms with Crippen molar-refractivity contribution in [3.05, 3.63) is 29.7 Å². The molecule has 0 N–H and O–H groups in total. The summed E-state index contributed by atoms with van der Waals surface area (Å²) in [5.74, 6) is 0.806. The number of rotatable bonds is 6. The maximum Gasteiger partial charge on any atom is 0.213 e. The van der Waals surface area contributed by atoms with Crippen molar-refractivity contribution in [2.75, 3.05) is 18.8 Å². The number of fused-ring (bicyclic) bond motifs is 1. The Bertz CT molecular complexity index is 1170. The predicted molar refractivity (Wildman–Crippen MR) is 116 cm³/mol. The quantitative estimate of drug-likeness (QED) is 0.360. The lowest BCUT2D eigenvalue weighted by Gasteiger charge is -2.47. The van der Waals surface area contributed by atoms with Crippen molar-refractivity contribution in [3.8, 4) is 17.3 Å². The maximum absolute atomic E-state index is 12.1. The van der Waals surface area contributed by atoms with Crippen LogP contribution in [0.1, 0.15) is 19.2 Å². The van der Waals surface area contributed by atoms with Gasteiger partial charge in [0.25, 0.3) is 0 Å². The number of nitriles is 1. The average molecular weight is 528 g/mol. The van der Waals surface area contributed by atoms with Gasteiger partial charge < -0.3 is 0 Å². The molecular formula is C17H17IN6O2S2. The fourth-order valence-electron chi connectivity index (χ4n) is 3.35. The lowest BCUT2D eigenvalue weighted by atomic mass is 9.89. The van der Waals surface area contributed by atoms with Crippen molar-refractivity contribution < 1.29 is 8.42 Å². The van der Waals surface area contributed by atoms with E-state index in [1.807, 2.05) is 17.6 Å². The molecule has 3 aromatic rings. The highest BCUT2D eigenvalue weighted by atomic mass is 127. The van der Waals surface area contributed by atoms with Crippen molar-refractivity contribution in [2.45, 2.75) is 23.3 Å². The van der Waals surface area contributed by atoms with Crippen molar-refractivity contribution in [3.63, 3.8) is 0 Å². The highest BCUT2D eigenvalue weighted by Crippen LogP contribution is 2.36. The Morgan fingerprint density at radius 1 is 1.39 bits per heavy atom. The van der Waals surface area contributed by atoms with Crippen LogP contribution < -0.4 is 0 Å². The molecule has 4 rings (SSSR count). The van der Waals surface area contributed by atoms with Crippen LogP contribution in [0.15, 0.2) is 23.8 Å². The van der Waals surface area contributed by atoms with E-state index in [0.717, 1.165) is 27.3 Å². The lowest BCUT2D eigenvalue weighted by Crippen LogP contribution is -2.64.